The molecule has 1 aromatic carbocycles. The first kappa shape index (κ1) is 21.3. The average molecular weight is 403 g/mol. The number of carbonyl (C=O) groups excluding carboxylic acids is 1. The van der Waals surface area contributed by atoms with Gasteiger partial charge in [-0.2, -0.15) is 0 Å². The summed E-state index contributed by atoms with van der Waals surface area (Å²) < 4.78 is 11.7. The molecule has 0 bridgehead atoms. The van der Waals surface area contributed by atoms with E-state index in [9.17, 15) is 4.79 Å². The molecule has 7 nitrogen and oxygen atoms in total. The highest BCUT2D eigenvalue weighted by atomic mass is 16.5. The maximum absolute atomic E-state index is 11.8. The molecule has 0 aromatic heterocycles. The number of nitrogens with one attached hydrogen (secondary N) is 3. The third-order valence-electron chi connectivity index (χ3n) is 4.95. The minimum absolute atomic E-state index is 0.143. The van der Waals surface area contributed by atoms with E-state index in [0.717, 1.165) is 55.3 Å². The van der Waals surface area contributed by atoms with Crippen molar-refractivity contribution in [1.29, 1.82) is 0 Å². The summed E-state index contributed by atoms with van der Waals surface area (Å²) >= 11 is 0. The number of aliphatic imine (C=N–C) groups is 1. The molecule has 1 saturated carbocycles. The summed E-state index contributed by atoms with van der Waals surface area (Å²) in [5, 5.41) is 9.59. The SMILES string of the molecule is CCNC(=NCc1cc2c(cc1OCC)CC(C)O2)NCCCC(=O)NC1CC1. The van der Waals surface area contributed by atoms with Crippen molar-refractivity contribution < 1.29 is 14.3 Å². The van der Waals surface area contributed by atoms with E-state index in [1.165, 1.54) is 5.56 Å². The largest absolute Gasteiger partial charge is 0.494 e. The van der Waals surface area contributed by atoms with Gasteiger partial charge in [-0.25, -0.2) is 4.99 Å². The minimum Gasteiger partial charge on any atom is -0.494 e. The average Bonchev–Trinajstić information content (AvgIpc) is 3.42. The maximum atomic E-state index is 11.8. The van der Waals surface area contributed by atoms with Crippen LogP contribution in [0.1, 0.15) is 57.6 Å². The summed E-state index contributed by atoms with van der Waals surface area (Å²) in [6, 6.07) is 4.57. The van der Waals surface area contributed by atoms with Gasteiger partial charge in [0, 0.05) is 43.1 Å². The third kappa shape index (κ3) is 6.54. The summed E-state index contributed by atoms with van der Waals surface area (Å²) in [6.45, 7) is 8.70. The molecular weight excluding hydrogens is 368 g/mol. The summed E-state index contributed by atoms with van der Waals surface area (Å²) in [5.74, 6) is 2.70. The molecule has 3 N–H and O–H groups in total. The normalized spacial score (nSPS) is 18.0. The van der Waals surface area contributed by atoms with Gasteiger partial charge >= 0.3 is 0 Å². The summed E-state index contributed by atoms with van der Waals surface area (Å²) in [4.78, 5) is 16.5. The fraction of sp³-hybridized carbons (Fsp3) is 0.636. The standard InChI is InChI=1S/C22H34N4O3/c1-4-23-22(24-10-6-7-21(27)26-18-8-9-18)25-14-17-13-20-16(11-15(3)29-20)12-19(17)28-5-2/h12-13,15,18H,4-11,14H2,1-3H3,(H,26,27)(H2,23,24,25). The van der Waals surface area contributed by atoms with Crippen molar-refractivity contribution in [3.05, 3.63) is 23.3 Å². The number of benzene rings is 1. The van der Waals surface area contributed by atoms with Gasteiger partial charge in [0.1, 0.15) is 17.6 Å². The molecule has 1 heterocycles. The summed E-state index contributed by atoms with van der Waals surface area (Å²) in [6.07, 6.45) is 4.68. The molecule has 0 radical (unpaired) electrons. The molecule has 1 aromatic rings. The number of amides is 1. The first-order valence-electron chi connectivity index (χ1n) is 10.9. The van der Waals surface area contributed by atoms with Crippen LogP contribution in [0.3, 0.4) is 0 Å². The number of guanidine groups is 1. The Labute approximate surface area is 173 Å². The van der Waals surface area contributed by atoms with Crippen LogP contribution in [0, 0.1) is 0 Å². The number of rotatable bonds is 10. The van der Waals surface area contributed by atoms with E-state index in [1.807, 2.05) is 13.8 Å². The van der Waals surface area contributed by atoms with Gasteiger partial charge in [-0.3, -0.25) is 4.79 Å². The number of nitrogens with zero attached hydrogens (tertiary/aromatic N) is 1. The molecule has 7 heteroatoms. The van der Waals surface area contributed by atoms with Gasteiger partial charge in [-0.1, -0.05) is 0 Å². The smallest absolute Gasteiger partial charge is 0.220 e. The first-order chi connectivity index (χ1) is 14.1. The van der Waals surface area contributed by atoms with E-state index < -0.39 is 0 Å². The summed E-state index contributed by atoms with van der Waals surface area (Å²) in [7, 11) is 0. The molecule has 1 unspecified atom stereocenters. The van der Waals surface area contributed by atoms with E-state index in [2.05, 4.69) is 35.0 Å². The van der Waals surface area contributed by atoms with Gasteiger partial charge in [-0.05, 0) is 52.2 Å². The van der Waals surface area contributed by atoms with Crippen molar-refractivity contribution in [2.24, 2.45) is 4.99 Å². The van der Waals surface area contributed by atoms with Gasteiger partial charge in [0.05, 0.1) is 13.2 Å². The van der Waals surface area contributed by atoms with E-state index in [4.69, 9.17) is 14.5 Å². The Balaban J connectivity index is 1.55. The maximum Gasteiger partial charge on any atom is 0.220 e. The molecule has 0 saturated heterocycles. The van der Waals surface area contributed by atoms with Crippen molar-refractivity contribution in [3.63, 3.8) is 0 Å². The number of hydrogen-bond donors (Lipinski definition) is 3. The zero-order valence-corrected chi connectivity index (χ0v) is 17.8. The lowest BCUT2D eigenvalue weighted by atomic mass is 10.1. The Morgan fingerprint density at radius 3 is 2.83 bits per heavy atom. The molecule has 2 aliphatic rings. The molecule has 3 rings (SSSR count). The van der Waals surface area contributed by atoms with Gasteiger partial charge in [0.25, 0.3) is 0 Å². The minimum atomic E-state index is 0.143. The monoisotopic (exact) mass is 402 g/mol. The highest BCUT2D eigenvalue weighted by Gasteiger charge is 2.23. The van der Waals surface area contributed by atoms with Crippen LogP contribution < -0.4 is 25.4 Å². The topological polar surface area (TPSA) is 84.0 Å². The van der Waals surface area contributed by atoms with Gasteiger partial charge in [0.15, 0.2) is 5.96 Å². The van der Waals surface area contributed by atoms with Gasteiger partial charge < -0.3 is 25.4 Å². The summed E-state index contributed by atoms with van der Waals surface area (Å²) in [5.41, 5.74) is 2.21. The molecule has 1 aliphatic heterocycles. The Kier molecular flexibility index (Phi) is 7.61. The lowest BCUT2D eigenvalue weighted by molar-refractivity contribution is -0.121. The lowest BCUT2D eigenvalue weighted by Gasteiger charge is -2.14. The molecule has 1 aliphatic carbocycles. The van der Waals surface area contributed by atoms with E-state index in [1.54, 1.807) is 0 Å². The van der Waals surface area contributed by atoms with Crippen LogP contribution in [0.25, 0.3) is 0 Å². The molecular formula is C22H34N4O3. The molecule has 1 amide bonds. The lowest BCUT2D eigenvalue weighted by Crippen LogP contribution is -2.38. The number of fused-ring (bicyclic) bond motifs is 1. The third-order valence-corrected chi connectivity index (χ3v) is 4.95. The Hall–Kier alpha value is -2.44. The molecule has 29 heavy (non-hydrogen) atoms. The zero-order chi connectivity index (χ0) is 20.6. The Bertz CT molecular complexity index is 731. The second-order valence-corrected chi connectivity index (χ2v) is 7.70. The van der Waals surface area contributed by atoms with E-state index in [-0.39, 0.29) is 12.0 Å². The molecule has 1 atom stereocenters. The molecule has 0 spiro atoms. The molecule has 1 fully saturated rings. The van der Waals surface area contributed by atoms with Gasteiger partial charge in [0.2, 0.25) is 5.91 Å². The predicted octanol–water partition coefficient (Wildman–Crippen LogP) is 2.52. The van der Waals surface area contributed by atoms with Crippen LogP contribution in [0.2, 0.25) is 0 Å². The Morgan fingerprint density at radius 1 is 1.28 bits per heavy atom. The van der Waals surface area contributed by atoms with Crippen molar-refractivity contribution >= 4 is 11.9 Å². The van der Waals surface area contributed by atoms with Crippen LogP contribution >= 0.6 is 0 Å². The van der Waals surface area contributed by atoms with E-state index >= 15 is 0 Å². The van der Waals surface area contributed by atoms with Crippen LogP contribution in [-0.4, -0.2) is 43.7 Å². The van der Waals surface area contributed by atoms with Crippen molar-refractivity contribution in [2.75, 3.05) is 19.7 Å². The number of ether oxygens (including phenoxy) is 2. The fourth-order valence-electron chi connectivity index (χ4n) is 3.38. The van der Waals surface area contributed by atoms with Crippen molar-refractivity contribution in [1.82, 2.24) is 16.0 Å². The van der Waals surface area contributed by atoms with Crippen LogP contribution in [0.4, 0.5) is 0 Å². The van der Waals surface area contributed by atoms with Crippen LogP contribution in [0.5, 0.6) is 11.5 Å². The highest BCUT2D eigenvalue weighted by molar-refractivity contribution is 5.80. The van der Waals surface area contributed by atoms with Crippen molar-refractivity contribution in [3.8, 4) is 11.5 Å². The van der Waals surface area contributed by atoms with Crippen LogP contribution in [-0.2, 0) is 17.8 Å². The van der Waals surface area contributed by atoms with Gasteiger partial charge in [-0.15, -0.1) is 0 Å². The van der Waals surface area contributed by atoms with Crippen molar-refractivity contribution in [2.45, 2.75) is 71.6 Å². The van der Waals surface area contributed by atoms with Crippen LogP contribution in [0.15, 0.2) is 17.1 Å². The predicted molar refractivity (Wildman–Crippen MR) is 115 cm³/mol. The quantitative estimate of drug-likeness (QED) is 0.318. The fourth-order valence-corrected chi connectivity index (χ4v) is 3.38. The number of carbonyl (C=O) groups is 1. The zero-order valence-electron chi connectivity index (χ0n) is 17.8. The second-order valence-electron chi connectivity index (χ2n) is 7.70. The molecule has 160 valence electrons. The second kappa shape index (κ2) is 10.4. The Morgan fingerprint density at radius 2 is 2.10 bits per heavy atom. The van der Waals surface area contributed by atoms with E-state index in [0.29, 0.717) is 32.2 Å². The first-order valence-corrected chi connectivity index (χ1v) is 10.9. The number of hydrogen-bond acceptors (Lipinski definition) is 4. The highest BCUT2D eigenvalue weighted by Crippen LogP contribution is 2.35.